The van der Waals surface area contributed by atoms with Gasteiger partial charge in [-0.05, 0) is 49.9 Å². The number of imidazole rings is 1. The van der Waals surface area contributed by atoms with Gasteiger partial charge in [-0.1, -0.05) is 12.1 Å². The number of carbonyl (C=O) groups is 1. The van der Waals surface area contributed by atoms with Gasteiger partial charge in [-0.3, -0.25) is 4.79 Å². The Morgan fingerprint density at radius 3 is 3.00 bits per heavy atom. The minimum absolute atomic E-state index is 0.0321. The van der Waals surface area contributed by atoms with Gasteiger partial charge in [0.05, 0.1) is 6.54 Å². The first-order chi connectivity index (χ1) is 11.1. The summed E-state index contributed by atoms with van der Waals surface area (Å²) < 4.78 is 0. The van der Waals surface area contributed by atoms with Gasteiger partial charge in [0, 0.05) is 31.0 Å². The van der Waals surface area contributed by atoms with Crippen LogP contribution in [-0.4, -0.2) is 40.9 Å². The largest absolute Gasteiger partial charge is 0.345 e. The van der Waals surface area contributed by atoms with Gasteiger partial charge in [0.25, 0.3) is 5.91 Å². The molecule has 1 aromatic heterocycles. The van der Waals surface area contributed by atoms with Crippen LogP contribution >= 0.6 is 0 Å². The summed E-state index contributed by atoms with van der Waals surface area (Å²) in [6.45, 7) is 4.54. The van der Waals surface area contributed by atoms with Crippen molar-refractivity contribution in [2.75, 3.05) is 20.1 Å². The van der Waals surface area contributed by atoms with E-state index >= 15 is 0 Å². The summed E-state index contributed by atoms with van der Waals surface area (Å²) in [5.74, 6) is 1.35. The van der Waals surface area contributed by atoms with Crippen molar-refractivity contribution in [1.29, 1.82) is 0 Å². The van der Waals surface area contributed by atoms with E-state index in [1.165, 1.54) is 18.4 Å². The van der Waals surface area contributed by atoms with Gasteiger partial charge in [-0.25, -0.2) is 4.98 Å². The third kappa shape index (κ3) is 3.79. The second kappa shape index (κ2) is 6.96. The molecule has 5 nitrogen and oxygen atoms in total. The Kier molecular flexibility index (Phi) is 4.76. The van der Waals surface area contributed by atoms with Crippen molar-refractivity contribution < 1.29 is 4.79 Å². The van der Waals surface area contributed by atoms with Gasteiger partial charge in [0.15, 0.2) is 0 Å². The Bertz CT molecular complexity index is 673. The molecule has 1 aromatic carbocycles. The molecule has 1 atom stereocenters. The van der Waals surface area contributed by atoms with Gasteiger partial charge in [0.1, 0.15) is 5.82 Å². The Hall–Kier alpha value is -2.14. The summed E-state index contributed by atoms with van der Waals surface area (Å²) in [5, 5.41) is 3.43. The molecule has 5 heteroatoms. The lowest BCUT2D eigenvalue weighted by Crippen LogP contribution is -2.29. The lowest BCUT2D eigenvalue weighted by atomic mass is 9.90. The maximum Gasteiger partial charge on any atom is 0.254 e. The minimum atomic E-state index is 0.0321. The van der Waals surface area contributed by atoms with Gasteiger partial charge in [0.2, 0.25) is 0 Å². The number of H-pyrrole nitrogens is 1. The highest BCUT2D eigenvalue weighted by Crippen LogP contribution is 2.24. The summed E-state index contributed by atoms with van der Waals surface area (Å²) in [7, 11) is 1.81. The Morgan fingerprint density at radius 1 is 1.43 bits per heavy atom. The summed E-state index contributed by atoms with van der Waals surface area (Å²) in [6, 6.07) is 8.06. The second-order valence-electron chi connectivity index (χ2n) is 6.34. The normalized spacial score (nSPS) is 17.9. The maximum atomic E-state index is 12.7. The predicted molar refractivity (Wildman–Crippen MR) is 90.4 cm³/mol. The van der Waals surface area contributed by atoms with Gasteiger partial charge in [-0.15, -0.1) is 0 Å². The predicted octanol–water partition coefficient (Wildman–Crippen LogP) is 2.46. The van der Waals surface area contributed by atoms with E-state index in [9.17, 15) is 4.79 Å². The molecule has 2 heterocycles. The quantitative estimate of drug-likeness (QED) is 0.911. The fraction of sp³-hybridized carbons (Fsp3) is 0.444. The third-order valence-electron chi connectivity index (χ3n) is 4.39. The number of carbonyl (C=O) groups excluding carboxylic acids is 1. The van der Waals surface area contributed by atoms with Crippen molar-refractivity contribution >= 4 is 5.91 Å². The minimum Gasteiger partial charge on any atom is -0.345 e. The van der Waals surface area contributed by atoms with E-state index < -0.39 is 0 Å². The number of aromatic amines is 1. The van der Waals surface area contributed by atoms with Crippen molar-refractivity contribution in [3.8, 4) is 0 Å². The number of amides is 1. The molecule has 0 saturated carbocycles. The lowest BCUT2D eigenvalue weighted by molar-refractivity contribution is 0.0781. The van der Waals surface area contributed by atoms with Crippen molar-refractivity contribution in [1.82, 2.24) is 20.2 Å². The van der Waals surface area contributed by atoms with Crippen LogP contribution in [-0.2, 0) is 6.54 Å². The summed E-state index contributed by atoms with van der Waals surface area (Å²) in [6.07, 6.45) is 4.16. The van der Waals surface area contributed by atoms with E-state index in [-0.39, 0.29) is 5.91 Å². The average Bonchev–Trinajstić information content (AvgIpc) is 3.00. The molecule has 0 bridgehead atoms. The number of aromatic nitrogens is 2. The topological polar surface area (TPSA) is 61.0 Å². The number of nitrogens with one attached hydrogen (secondary N) is 2. The molecule has 3 rings (SSSR count). The van der Waals surface area contributed by atoms with Crippen LogP contribution < -0.4 is 5.32 Å². The number of aryl methyl sites for hydroxylation is 1. The van der Waals surface area contributed by atoms with E-state index in [0.717, 1.165) is 30.2 Å². The third-order valence-corrected chi connectivity index (χ3v) is 4.39. The molecule has 2 aromatic rings. The van der Waals surface area contributed by atoms with Crippen LogP contribution in [0.4, 0.5) is 0 Å². The molecule has 122 valence electrons. The van der Waals surface area contributed by atoms with Crippen molar-refractivity contribution in [2.45, 2.75) is 32.2 Å². The van der Waals surface area contributed by atoms with E-state index in [0.29, 0.717) is 12.5 Å². The van der Waals surface area contributed by atoms with Crippen LogP contribution in [0.15, 0.2) is 30.5 Å². The van der Waals surface area contributed by atoms with Gasteiger partial charge >= 0.3 is 0 Å². The van der Waals surface area contributed by atoms with Crippen LogP contribution in [0.1, 0.15) is 46.2 Å². The van der Waals surface area contributed by atoms with Crippen molar-refractivity contribution in [3.05, 3.63) is 53.1 Å². The number of nitrogens with zero attached hydrogens (tertiary/aromatic N) is 2. The molecule has 0 radical (unpaired) electrons. The van der Waals surface area contributed by atoms with E-state index in [2.05, 4.69) is 21.4 Å². The maximum absolute atomic E-state index is 12.7. The van der Waals surface area contributed by atoms with E-state index in [1.54, 1.807) is 11.1 Å². The Morgan fingerprint density at radius 2 is 2.30 bits per heavy atom. The van der Waals surface area contributed by atoms with E-state index in [1.807, 2.05) is 32.2 Å². The Balaban J connectivity index is 1.71. The molecule has 1 amide bonds. The summed E-state index contributed by atoms with van der Waals surface area (Å²) in [5.41, 5.74) is 3.01. The van der Waals surface area contributed by atoms with Crippen LogP contribution in [0.25, 0.3) is 0 Å². The highest BCUT2D eigenvalue weighted by atomic mass is 16.2. The molecule has 1 fully saturated rings. The highest BCUT2D eigenvalue weighted by Gasteiger charge is 2.18. The molecule has 2 N–H and O–H groups in total. The standard InChI is InChI=1S/C18H24N4O/c1-13-10-20-17(21-13)12-22(2)18(23)15-6-3-5-14(9-15)16-7-4-8-19-11-16/h3,5-6,9-10,16,19H,4,7-8,11-12H2,1-2H3,(H,20,21)/t16-/m0/s1. The fourth-order valence-corrected chi connectivity index (χ4v) is 3.13. The summed E-state index contributed by atoms with van der Waals surface area (Å²) >= 11 is 0. The molecule has 0 unspecified atom stereocenters. The number of hydrogen-bond donors (Lipinski definition) is 2. The van der Waals surface area contributed by atoms with Crippen molar-refractivity contribution in [2.24, 2.45) is 0 Å². The lowest BCUT2D eigenvalue weighted by Gasteiger charge is -2.24. The first-order valence-electron chi connectivity index (χ1n) is 8.20. The highest BCUT2D eigenvalue weighted by molar-refractivity contribution is 5.94. The molecule has 1 aliphatic rings. The molecule has 23 heavy (non-hydrogen) atoms. The zero-order valence-electron chi connectivity index (χ0n) is 13.8. The first-order valence-corrected chi connectivity index (χ1v) is 8.20. The smallest absolute Gasteiger partial charge is 0.254 e. The van der Waals surface area contributed by atoms with Gasteiger partial charge < -0.3 is 15.2 Å². The van der Waals surface area contributed by atoms with Gasteiger partial charge in [-0.2, -0.15) is 0 Å². The molecule has 1 aliphatic heterocycles. The molecule has 0 aliphatic carbocycles. The summed E-state index contributed by atoms with van der Waals surface area (Å²) in [4.78, 5) is 21.8. The van der Waals surface area contributed by atoms with Crippen molar-refractivity contribution in [3.63, 3.8) is 0 Å². The number of rotatable bonds is 4. The van der Waals surface area contributed by atoms with Crippen LogP contribution in [0.5, 0.6) is 0 Å². The zero-order valence-corrected chi connectivity index (χ0v) is 13.8. The first kappa shape index (κ1) is 15.7. The molecular formula is C18H24N4O. The van der Waals surface area contributed by atoms with E-state index in [4.69, 9.17) is 0 Å². The number of piperidine rings is 1. The molecule has 0 spiro atoms. The monoisotopic (exact) mass is 312 g/mol. The molecule has 1 saturated heterocycles. The zero-order chi connectivity index (χ0) is 16.2. The number of hydrogen-bond acceptors (Lipinski definition) is 3. The Labute approximate surface area is 137 Å². The molecular weight excluding hydrogens is 288 g/mol. The second-order valence-corrected chi connectivity index (χ2v) is 6.34. The van der Waals surface area contributed by atoms with Crippen LogP contribution in [0.3, 0.4) is 0 Å². The SMILES string of the molecule is Cc1cnc(CN(C)C(=O)c2cccc([C@H]3CCCNC3)c2)[nH]1. The fourth-order valence-electron chi connectivity index (χ4n) is 3.13. The average molecular weight is 312 g/mol. The number of benzene rings is 1. The van der Waals surface area contributed by atoms with Crippen LogP contribution in [0, 0.1) is 6.92 Å². The van der Waals surface area contributed by atoms with Crippen LogP contribution in [0.2, 0.25) is 0 Å².